The van der Waals surface area contributed by atoms with Crippen molar-refractivity contribution in [1.82, 2.24) is 0 Å². The van der Waals surface area contributed by atoms with Gasteiger partial charge in [0, 0.05) is 9.75 Å². The van der Waals surface area contributed by atoms with Crippen molar-refractivity contribution in [3.8, 4) is 10.4 Å². The number of rotatable bonds is 4. The number of carboxylic acids is 1. The van der Waals surface area contributed by atoms with E-state index in [1.807, 2.05) is 24.3 Å². The molecule has 5 heteroatoms. The molecule has 0 unspecified atom stereocenters. The van der Waals surface area contributed by atoms with Gasteiger partial charge in [-0.1, -0.05) is 52.0 Å². The van der Waals surface area contributed by atoms with E-state index in [1.54, 1.807) is 11.3 Å². The smallest absolute Gasteiger partial charge is 0.337 e. The minimum absolute atomic E-state index is 0.0382. The lowest BCUT2D eigenvalue weighted by Crippen LogP contribution is -2.34. The van der Waals surface area contributed by atoms with Gasteiger partial charge in [0.2, 0.25) is 0 Å². The van der Waals surface area contributed by atoms with Crippen LogP contribution in [0.1, 0.15) is 60.5 Å². The molecule has 1 aliphatic rings. The van der Waals surface area contributed by atoms with E-state index >= 15 is 0 Å². The SMILES string of the molecule is CC1(C)Cc2c(sc(-c3ccccc3CON)c2C(=O)O)C(C)(C)C1. The average Bonchev–Trinajstić information content (AvgIpc) is 2.86. The Morgan fingerprint density at radius 1 is 1.28 bits per heavy atom. The summed E-state index contributed by atoms with van der Waals surface area (Å²) in [6, 6.07) is 7.73. The summed E-state index contributed by atoms with van der Waals surface area (Å²) >= 11 is 1.61. The molecule has 0 radical (unpaired) electrons. The Labute approximate surface area is 152 Å². The van der Waals surface area contributed by atoms with Gasteiger partial charge in [-0.05, 0) is 40.4 Å². The van der Waals surface area contributed by atoms with Gasteiger partial charge in [-0.2, -0.15) is 0 Å². The van der Waals surface area contributed by atoms with E-state index in [9.17, 15) is 9.90 Å². The van der Waals surface area contributed by atoms with E-state index in [0.717, 1.165) is 34.4 Å². The van der Waals surface area contributed by atoms with E-state index in [1.165, 1.54) is 4.88 Å². The zero-order valence-electron chi connectivity index (χ0n) is 15.2. The second-order valence-electron chi connectivity index (χ2n) is 8.29. The molecule has 0 saturated carbocycles. The Morgan fingerprint density at radius 3 is 2.60 bits per heavy atom. The molecule has 1 heterocycles. The van der Waals surface area contributed by atoms with Crippen LogP contribution in [0.15, 0.2) is 24.3 Å². The Balaban J connectivity index is 2.28. The maximum Gasteiger partial charge on any atom is 0.337 e. The Kier molecular flexibility index (Phi) is 4.52. The number of nitrogens with two attached hydrogens (primary N) is 1. The molecule has 0 saturated heterocycles. The normalized spacial score (nSPS) is 18.0. The number of benzene rings is 1. The molecule has 1 aromatic carbocycles. The number of fused-ring (bicyclic) bond motifs is 1. The van der Waals surface area contributed by atoms with Crippen molar-refractivity contribution < 1.29 is 14.7 Å². The molecule has 0 aliphatic heterocycles. The first-order chi connectivity index (χ1) is 11.7. The molecule has 1 aromatic heterocycles. The lowest BCUT2D eigenvalue weighted by molar-refractivity contribution is 0.0695. The van der Waals surface area contributed by atoms with Gasteiger partial charge >= 0.3 is 5.97 Å². The van der Waals surface area contributed by atoms with Crippen molar-refractivity contribution in [1.29, 1.82) is 0 Å². The van der Waals surface area contributed by atoms with Crippen molar-refractivity contribution in [2.75, 3.05) is 0 Å². The van der Waals surface area contributed by atoms with Gasteiger partial charge in [0.05, 0.1) is 12.2 Å². The molecule has 0 fully saturated rings. The van der Waals surface area contributed by atoms with Crippen molar-refractivity contribution in [2.24, 2.45) is 11.3 Å². The molecule has 0 amide bonds. The fourth-order valence-corrected chi connectivity index (χ4v) is 5.84. The minimum Gasteiger partial charge on any atom is -0.478 e. The molecule has 3 N–H and O–H groups in total. The fraction of sp³-hybridized carbons (Fsp3) is 0.450. The zero-order chi connectivity index (χ0) is 18.4. The van der Waals surface area contributed by atoms with Gasteiger partial charge in [0.1, 0.15) is 0 Å². The molecule has 3 rings (SSSR count). The van der Waals surface area contributed by atoms with Gasteiger partial charge in [-0.3, -0.25) is 4.84 Å². The maximum absolute atomic E-state index is 12.2. The third-order valence-corrected chi connectivity index (χ3v) is 6.54. The number of thiophene rings is 1. The van der Waals surface area contributed by atoms with Crippen LogP contribution in [-0.4, -0.2) is 11.1 Å². The highest BCUT2D eigenvalue weighted by molar-refractivity contribution is 7.16. The van der Waals surface area contributed by atoms with Crippen LogP contribution >= 0.6 is 11.3 Å². The van der Waals surface area contributed by atoms with Gasteiger partial charge in [0.25, 0.3) is 0 Å². The van der Waals surface area contributed by atoms with Crippen LogP contribution in [0.2, 0.25) is 0 Å². The molecule has 4 nitrogen and oxygen atoms in total. The Bertz CT molecular complexity index is 820. The predicted octanol–water partition coefficient (Wildman–Crippen LogP) is 4.75. The molecular formula is C20H25NO3S. The van der Waals surface area contributed by atoms with E-state index in [4.69, 9.17) is 10.7 Å². The molecule has 25 heavy (non-hydrogen) atoms. The first-order valence-electron chi connectivity index (χ1n) is 8.46. The van der Waals surface area contributed by atoms with Crippen LogP contribution in [0.25, 0.3) is 10.4 Å². The topological polar surface area (TPSA) is 72.5 Å². The van der Waals surface area contributed by atoms with Crippen LogP contribution < -0.4 is 5.90 Å². The summed E-state index contributed by atoms with van der Waals surface area (Å²) in [5.41, 5.74) is 3.30. The van der Waals surface area contributed by atoms with Gasteiger partial charge < -0.3 is 5.11 Å². The summed E-state index contributed by atoms with van der Waals surface area (Å²) in [5, 5.41) is 9.98. The van der Waals surface area contributed by atoms with Crippen LogP contribution in [0, 0.1) is 5.41 Å². The summed E-state index contributed by atoms with van der Waals surface area (Å²) < 4.78 is 0. The van der Waals surface area contributed by atoms with Crippen LogP contribution in [0.5, 0.6) is 0 Å². The minimum atomic E-state index is -0.857. The number of aromatic carboxylic acids is 1. The predicted molar refractivity (Wildman–Crippen MR) is 101 cm³/mol. The van der Waals surface area contributed by atoms with Crippen LogP contribution in [0.4, 0.5) is 0 Å². The summed E-state index contributed by atoms with van der Waals surface area (Å²) in [6.07, 6.45) is 1.83. The number of carbonyl (C=O) groups is 1. The van der Waals surface area contributed by atoms with E-state index in [2.05, 4.69) is 27.7 Å². The third-order valence-electron chi connectivity index (χ3n) is 4.91. The van der Waals surface area contributed by atoms with Gasteiger partial charge in [-0.25, -0.2) is 10.7 Å². The molecule has 134 valence electrons. The number of carboxylic acid groups (broad SMARTS) is 1. The molecular weight excluding hydrogens is 334 g/mol. The molecule has 0 bridgehead atoms. The van der Waals surface area contributed by atoms with Crippen molar-refractivity contribution in [3.63, 3.8) is 0 Å². The average molecular weight is 359 g/mol. The fourth-order valence-electron chi connectivity index (χ4n) is 4.37. The highest BCUT2D eigenvalue weighted by Gasteiger charge is 2.42. The second-order valence-corrected chi connectivity index (χ2v) is 9.31. The zero-order valence-corrected chi connectivity index (χ0v) is 16.0. The Morgan fingerprint density at radius 2 is 1.96 bits per heavy atom. The second kappa shape index (κ2) is 6.24. The van der Waals surface area contributed by atoms with Crippen LogP contribution in [-0.2, 0) is 23.3 Å². The maximum atomic E-state index is 12.2. The van der Waals surface area contributed by atoms with Crippen molar-refractivity contribution in [3.05, 3.63) is 45.8 Å². The summed E-state index contributed by atoms with van der Waals surface area (Å²) in [7, 11) is 0. The molecule has 0 atom stereocenters. The van der Waals surface area contributed by atoms with E-state index < -0.39 is 5.97 Å². The molecule has 0 spiro atoms. The van der Waals surface area contributed by atoms with E-state index in [0.29, 0.717) is 5.56 Å². The first-order valence-corrected chi connectivity index (χ1v) is 9.27. The van der Waals surface area contributed by atoms with Crippen molar-refractivity contribution in [2.45, 2.75) is 52.6 Å². The monoisotopic (exact) mass is 359 g/mol. The summed E-state index contributed by atoms with van der Waals surface area (Å²) in [5.74, 6) is 4.41. The van der Waals surface area contributed by atoms with Gasteiger partial charge in [0.15, 0.2) is 0 Å². The standard InChI is InChI=1S/C20H25NO3S/c1-19(2)9-14-15(18(22)23)16(25-17(14)20(3,4)11-19)13-8-6-5-7-12(13)10-24-21/h5-8H,9-11,21H2,1-4H3,(H,22,23). The Hall–Kier alpha value is -1.69. The third kappa shape index (κ3) is 3.24. The van der Waals surface area contributed by atoms with E-state index in [-0.39, 0.29) is 17.4 Å². The van der Waals surface area contributed by atoms with Gasteiger partial charge in [-0.15, -0.1) is 11.3 Å². The van der Waals surface area contributed by atoms with Crippen molar-refractivity contribution >= 4 is 17.3 Å². The summed E-state index contributed by atoms with van der Waals surface area (Å²) in [4.78, 5) is 19.0. The van der Waals surface area contributed by atoms with Crippen LogP contribution in [0.3, 0.4) is 0 Å². The number of hydrogen-bond acceptors (Lipinski definition) is 4. The lowest BCUT2D eigenvalue weighted by atomic mass is 9.65. The highest BCUT2D eigenvalue weighted by Crippen LogP contribution is 2.52. The quantitative estimate of drug-likeness (QED) is 0.773. The summed E-state index contributed by atoms with van der Waals surface area (Å²) in [6.45, 7) is 9.13. The number of hydrogen-bond donors (Lipinski definition) is 2. The highest BCUT2D eigenvalue weighted by atomic mass is 32.1. The molecule has 2 aromatic rings. The molecule has 1 aliphatic carbocycles. The first kappa shape index (κ1) is 18.1. The largest absolute Gasteiger partial charge is 0.478 e. The lowest BCUT2D eigenvalue weighted by Gasteiger charge is -2.40.